The Labute approximate surface area is 107 Å². The fourth-order valence-corrected chi connectivity index (χ4v) is 3.34. The minimum atomic E-state index is 0.757. The lowest BCUT2D eigenvalue weighted by Gasteiger charge is -2.37. The molecule has 0 aromatic heterocycles. The Morgan fingerprint density at radius 3 is 2.53 bits per heavy atom. The van der Waals surface area contributed by atoms with Crippen LogP contribution in [0.5, 0.6) is 0 Å². The zero-order valence-electron chi connectivity index (χ0n) is 11.8. The summed E-state index contributed by atoms with van der Waals surface area (Å²) in [5.74, 6) is 1.04. The highest BCUT2D eigenvalue weighted by molar-refractivity contribution is 4.81. The predicted molar refractivity (Wildman–Crippen MR) is 74.3 cm³/mol. The smallest absolute Gasteiger partial charge is 0.0195 e. The van der Waals surface area contributed by atoms with Crippen LogP contribution < -0.4 is 5.32 Å². The molecule has 1 N–H and O–H groups in total. The molecule has 0 bridgehead atoms. The minimum Gasteiger partial charge on any atom is -0.313 e. The van der Waals surface area contributed by atoms with Gasteiger partial charge in [0.05, 0.1) is 0 Å². The highest BCUT2D eigenvalue weighted by Gasteiger charge is 2.24. The predicted octanol–water partition coefficient (Wildman–Crippen LogP) is 3.03. The zero-order chi connectivity index (χ0) is 12.1. The van der Waals surface area contributed by atoms with Gasteiger partial charge in [0.15, 0.2) is 0 Å². The van der Waals surface area contributed by atoms with E-state index in [0.717, 1.165) is 18.0 Å². The summed E-state index contributed by atoms with van der Waals surface area (Å²) in [6.45, 7) is 8.47. The molecule has 0 radical (unpaired) electrons. The Morgan fingerprint density at radius 2 is 2.00 bits per heavy atom. The third-order valence-electron chi connectivity index (χ3n) is 4.80. The minimum absolute atomic E-state index is 0.757. The molecule has 1 saturated carbocycles. The van der Waals surface area contributed by atoms with Crippen LogP contribution in [0.1, 0.15) is 58.8 Å². The van der Waals surface area contributed by atoms with Gasteiger partial charge in [-0.1, -0.05) is 32.6 Å². The van der Waals surface area contributed by atoms with Gasteiger partial charge in [-0.05, 0) is 45.2 Å². The molecule has 2 fully saturated rings. The highest BCUT2D eigenvalue weighted by atomic mass is 15.2. The number of nitrogens with one attached hydrogen (secondary N) is 1. The van der Waals surface area contributed by atoms with Crippen molar-refractivity contribution < 1.29 is 0 Å². The molecule has 0 spiro atoms. The van der Waals surface area contributed by atoms with Crippen LogP contribution in [-0.2, 0) is 0 Å². The summed E-state index contributed by atoms with van der Waals surface area (Å²) in [6.07, 6.45) is 10.1. The van der Waals surface area contributed by atoms with Crippen molar-refractivity contribution in [1.82, 2.24) is 10.2 Å². The maximum atomic E-state index is 3.68. The topological polar surface area (TPSA) is 15.3 Å². The van der Waals surface area contributed by atoms with Crippen molar-refractivity contribution in [3.63, 3.8) is 0 Å². The third-order valence-corrected chi connectivity index (χ3v) is 4.80. The lowest BCUT2D eigenvalue weighted by molar-refractivity contribution is 0.141. The molecule has 0 aromatic rings. The molecule has 2 rings (SSSR count). The molecule has 1 heterocycles. The van der Waals surface area contributed by atoms with Crippen LogP contribution in [0, 0.1) is 5.92 Å². The van der Waals surface area contributed by atoms with Gasteiger partial charge < -0.3 is 5.32 Å². The molecule has 2 atom stereocenters. The molecule has 100 valence electrons. The van der Waals surface area contributed by atoms with E-state index < -0.39 is 0 Å². The second kappa shape index (κ2) is 6.75. The third kappa shape index (κ3) is 3.96. The van der Waals surface area contributed by atoms with Crippen molar-refractivity contribution in [2.45, 2.75) is 70.9 Å². The van der Waals surface area contributed by atoms with Crippen LogP contribution in [0.3, 0.4) is 0 Å². The summed E-state index contributed by atoms with van der Waals surface area (Å²) in [7, 11) is 0. The van der Waals surface area contributed by atoms with Crippen LogP contribution in [-0.4, -0.2) is 36.6 Å². The summed E-state index contributed by atoms with van der Waals surface area (Å²) in [4.78, 5) is 2.70. The van der Waals surface area contributed by atoms with E-state index in [1.807, 2.05) is 0 Å². The van der Waals surface area contributed by atoms with Gasteiger partial charge in [0.1, 0.15) is 0 Å². The molecule has 1 aliphatic carbocycles. The van der Waals surface area contributed by atoms with Gasteiger partial charge in [0.25, 0.3) is 0 Å². The lowest BCUT2D eigenvalue weighted by atomic mass is 9.81. The van der Waals surface area contributed by atoms with Gasteiger partial charge >= 0.3 is 0 Å². The van der Waals surface area contributed by atoms with Gasteiger partial charge in [-0.15, -0.1) is 0 Å². The van der Waals surface area contributed by atoms with Crippen molar-refractivity contribution in [2.75, 3.05) is 19.6 Å². The molecule has 17 heavy (non-hydrogen) atoms. The molecular weight excluding hydrogens is 208 g/mol. The summed E-state index contributed by atoms with van der Waals surface area (Å²) >= 11 is 0. The SMILES string of the molecule is CCN(CC1CCCCN1)C(C)CC1CCC1. The second-order valence-corrected chi connectivity index (χ2v) is 6.12. The Bertz CT molecular complexity index is 207. The van der Waals surface area contributed by atoms with Crippen LogP contribution >= 0.6 is 0 Å². The number of piperidine rings is 1. The van der Waals surface area contributed by atoms with Crippen molar-refractivity contribution >= 4 is 0 Å². The lowest BCUT2D eigenvalue weighted by Crippen LogP contribution is -2.47. The molecule has 2 nitrogen and oxygen atoms in total. The Kier molecular flexibility index (Phi) is 5.30. The Balaban J connectivity index is 1.73. The average molecular weight is 238 g/mol. The number of hydrogen-bond acceptors (Lipinski definition) is 2. The average Bonchev–Trinajstić information content (AvgIpc) is 2.32. The molecule has 2 unspecified atom stereocenters. The first-order valence-corrected chi connectivity index (χ1v) is 7.77. The van der Waals surface area contributed by atoms with Gasteiger partial charge in [-0.25, -0.2) is 0 Å². The van der Waals surface area contributed by atoms with Crippen molar-refractivity contribution in [3.05, 3.63) is 0 Å². The van der Waals surface area contributed by atoms with Gasteiger partial charge in [-0.2, -0.15) is 0 Å². The normalized spacial score (nSPS) is 28.1. The van der Waals surface area contributed by atoms with Gasteiger partial charge in [0.2, 0.25) is 0 Å². The van der Waals surface area contributed by atoms with Crippen molar-refractivity contribution in [1.29, 1.82) is 0 Å². The summed E-state index contributed by atoms with van der Waals surface area (Å²) < 4.78 is 0. The maximum absolute atomic E-state index is 3.68. The van der Waals surface area contributed by atoms with Gasteiger partial charge in [-0.3, -0.25) is 4.90 Å². The molecule has 1 aliphatic heterocycles. The fourth-order valence-electron chi connectivity index (χ4n) is 3.34. The molecular formula is C15H30N2. The van der Waals surface area contributed by atoms with E-state index in [4.69, 9.17) is 0 Å². The molecule has 2 heteroatoms. The monoisotopic (exact) mass is 238 g/mol. The summed E-state index contributed by atoms with van der Waals surface area (Å²) in [5.41, 5.74) is 0. The Morgan fingerprint density at radius 1 is 1.18 bits per heavy atom. The van der Waals surface area contributed by atoms with E-state index in [1.165, 1.54) is 64.6 Å². The van der Waals surface area contributed by atoms with E-state index >= 15 is 0 Å². The number of likely N-dealkylation sites (N-methyl/N-ethyl adjacent to an activating group) is 1. The first kappa shape index (κ1) is 13.4. The van der Waals surface area contributed by atoms with Crippen LogP contribution in [0.4, 0.5) is 0 Å². The van der Waals surface area contributed by atoms with Crippen molar-refractivity contribution in [3.8, 4) is 0 Å². The van der Waals surface area contributed by atoms with Crippen LogP contribution in [0.2, 0.25) is 0 Å². The first-order chi connectivity index (χ1) is 8.29. The highest BCUT2D eigenvalue weighted by Crippen LogP contribution is 2.31. The van der Waals surface area contributed by atoms with E-state index in [1.54, 1.807) is 0 Å². The number of nitrogens with zero attached hydrogens (tertiary/aromatic N) is 1. The molecule has 0 aromatic carbocycles. The van der Waals surface area contributed by atoms with Crippen molar-refractivity contribution in [2.24, 2.45) is 5.92 Å². The standard InChI is InChI=1S/C15H30N2/c1-3-17(12-15-9-4-5-10-16-15)13(2)11-14-7-6-8-14/h13-16H,3-12H2,1-2H3. The molecule has 1 saturated heterocycles. The quantitative estimate of drug-likeness (QED) is 0.765. The van der Waals surface area contributed by atoms with Gasteiger partial charge in [0, 0.05) is 18.6 Å². The summed E-state index contributed by atoms with van der Waals surface area (Å²) in [5, 5.41) is 3.68. The largest absolute Gasteiger partial charge is 0.313 e. The van der Waals surface area contributed by atoms with E-state index in [0.29, 0.717) is 0 Å². The van der Waals surface area contributed by atoms with E-state index in [9.17, 15) is 0 Å². The molecule has 2 aliphatic rings. The number of rotatable bonds is 6. The number of hydrogen-bond donors (Lipinski definition) is 1. The zero-order valence-corrected chi connectivity index (χ0v) is 11.8. The maximum Gasteiger partial charge on any atom is 0.0195 e. The van der Waals surface area contributed by atoms with Crippen LogP contribution in [0.25, 0.3) is 0 Å². The summed E-state index contributed by atoms with van der Waals surface area (Å²) in [6, 6.07) is 1.54. The van der Waals surface area contributed by atoms with E-state index in [2.05, 4.69) is 24.1 Å². The first-order valence-electron chi connectivity index (χ1n) is 7.77. The fraction of sp³-hybridized carbons (Fsp3) is 1.00. The van der Waals surface area contributed by atoms with Crippen LogP contribution in [0.15, 0.2) is 0 Å². The Hall–Kier alpha value is -0.0800. The second-order valence-electron chi connectivity index (χ2n) is 6.12. The van der Waals surface area contributed by atoms with E-state index in [-0.39, 0.29) is 0 Å². The molecule has 0 amide bonds.